The Bertz CT molecular complexity index is 895. The SMILES string of the molecule is CC(=O)c1ccc(N2CCN(CC(=O)Nc3cccc(Cl)c3C)CC2)c(F)c1. The fourth-order valence-electron chi connectivity index (χ4n) is 3.26. The summed E-state index contributed by atoms with van der Waals surface area (Å²) in [6.45, 7) is 6.07. The molecule has 1 amide bonds. The molecule has 1 aliphatic rings. The standard InChI is InChI=1S/C21H23ClFN3O2/c1-14-17(22)4-3-5-19(14)24-21(28)13-25-8-10-26(11-9-25)20-7-6-16(15(2)27)12-18(20)23/h3-7,12H,8-11,13H2,1-2H3,(H,24,28). The largest absolute Gasteiger partial charge is 0.367 e. The molecule has 28 heavy (non-hydrogen) atoms. The van der Waals surface area contributed by atoms with Crippen LogP contribution in [0.2, 0.25) is 5.02 Å². The van der Waals surface area contributed by atoms with Crippen molar-refractivity contribution in [3.8, 4) is 0 Å². The van der Waals surface area contributed by atoms with E-state index in [1.54, 1.807) is 24.3 Å². The minimum Gasteiger partial charge on any atom is -0.367 e. The van der Waals surface area contributed by atoms with E-state index in [-0.39, 0.29) is 18.2 Å². The zero-order valence-corrected chi connectivity index (χ0v) is 16.7. The van der Waals surface area contributed by atoms with Crippen molar-refractivity contribution in [3.05, 3.63) is 58.4 Å². The number of hydrogen-bond donors (Lipinski definition) is 1. The van der Waals surface area contributed by atoms with Gasteiger partial charge in [-0.25, -0.2) is 4.39 Å². The van der Waals surface area contributed by atoms with E-state index in [0.29, 0.717) is 48.1 Å². The van der Waals surface area contributed by atoms with Crippen molar-refractivity contribution < 1.29 is 14.0 Å². The number of ketones is 1. The summed E-state index contributed by atoms with van der Waals surface area (Å²) >= 11 is 6.09. The summed E-state index contributed by atoms with van der Waals surface area (Å²) < 4.78 is 14.3. The maximum absolute atomic E-state index is 14.3. The highest BCUT2D eigenvalue weighted by Gasteiger charge is 2.21. The van der Waals surface area contributed by atoms with E-state index in [9.17, 15) is 14.0 Å². The molecular formula is C21H23ClFN3O2. The van der Waals surface area contributed by atoms with Gasteiger partial charge in [0.15, 0.2) is 5.78 Å². The van der Waals surface area contributed by atoms with Gasteiger partial charge in [0.2, 0.25) is 5.91 Å². The first-order valence-electron chi connectivity index (χ1n) is 9.18. The first-order valence-corrected chi connectivity index (χ1v) is 9.55. The first-order chi connectivity index (χ1) is 13.3. The van der Waals surface area contributed by atoms with Gasteiger partial charge in [0.1, 0.15) is 5.82 Å². The van der Waals surface area contributed by atoms with Crippen LogP contribution in [0.1, 0.15) is 22.8 Å². The number of nitrogens with zero attached hydrogens (tertiary/aromatic N) is 2. The molecule has 2 aromatic carbocycles. The molecule has 1 saturated heterocycles. The number of Topliss-reactive ketones (excluding diaryl/α,β-unsaturated/α-hetero) is 1. The van der Waals surface area contributed by atoms with Crippen molar-refractivity contribution in [1.82, 2.24) is 4.90 Å². The number of nitrogens with one attached hydrogen (secondary N) is 1. The van der Waals surface area contributed by atoms with E-state index >= 15 is 0 Å². The second-order valence-electron chi connectivity index (χ2n) is 6.95. The van der Waals surface area contributed by atoms with Gasteiger partial charge < -0.3 is 10.2 Å². The number of halogens is 2. The van der Waals surface area contributed by atoms with Gasteiger partial charge in [0.25, 0.3) is 0 Å². The van der Waals surface area contributed by atoms with E-state index in [1.807, 2.05) is 22.8 Å². The molecule has 3 rings (SSSR count). The number of anilines is 2. The average molecular weight is 404 g/mol. The molecule has 0 radical (unpaired) electrons. The zero-order valence-electron chi connectivity index (χ0n) is 16.0. The van der Waals surface area contributed by atoms with Crippen LogP contribution < -0.4 is 10.2 Å². The lowest BCUT2D eigenvalue weighted by molar-refractivity contribution is -0.117. The Kier molecular flexibility index (Phi) is 6.31. The molecule has 1 fully saturated rings. The summed E-state index contributed by atoms with van der Waals surface area (Å²) in [5.41, 5.74) is 2.41. The van der Waals surface area contributed by atoms with Crippen LogP contribution in [0.25, 0.3) is 0 Å². The van der Waals surface area contributed by atoms with Crippen LogP contribution >= 0.6 is 11.6 Å². The zero-order chi connectivity index (χ0) is 20.3. The van der Waals surface area contributed by atoms with Crippen molar-refractivity contribution in [2.45, 2.75) is 13.8 Å². The normalized spacial score (nSPS) is 14.8. The van der Waals surface area contributed by atoms with Gasteiger partial charge in [0.05, 0.1) is 12.2 Å². The maximum Gasteiger partial charge on any atom is 0.238 e. The van der Waals surface area contributed by atoms with Crippen molar-refractivity contribution >= 4 is 34.7 Å². The lowest BCUT2D eigenvalue weighted by atomic mass is 10.1. The predicted molar refractivity (Wildman–Crippen MR) is 110 cm³/mol. The maximum atomic E-state index is 14.3. The fraction of sp³-hybridized carbons (Fsp3) is 0.333. The summed E-state index contributed by atoms with van der Waals surface area (Å²) in [5, 5.41) is 3.51. The molecule has 0 saturated carbocycles. The smallest absolute Gasteiger partial charge is 0.238 e. The Labute approximate surface area is 169 Å². The minimum absolute atomic E-state index is 0.101. The molecule has 148 valence electrons. The molecule has 1 heterocycles. The molecule has 2 aromatic rings. The number of hydrogen-bond acceptors (Lipinski definition) is 4. The highest BCUT2D eigenvalue weighted by Crippen LogP contribution is 2.24. The molecule has 0 atom stereocenters. The summed E-state index contributed by atoms with van der Waals surface area (Å²) in [5.74, 6) is -0.651. The number of rotatable bonds is 5. The molecule has 7 heteroatoms. The predicted octanol–water partition coefficient (Wildman–Crippen LogP) is 3.75. The second kappa shape index (κ2) is 8.71. The van der Waals surface area contributed by atoms with Crippen LogP contribution in [0.5, 0.6) is 0 Å². The molecule has 0 aromatic heterocycles. The van der Waals surface area contributed by atoms with Gasteiger partial charge in [-0.1, -0.05) is 17.7 Å². The summed E-state index contributed by atoms with van der Waals surface area (Å²) in [4.78, 5) is 27.7. The van der Waals surface area contributed by atoms with Gasteiger partial charge in [-0.05, 0) is 49.7 Å². The topological polar surface area (TPSA) is 52.7 Å². The van der Waals surface area contributed by atoms with Crippen molar-refractivity contribution in [3.63, 3.8) is 0 Å². The van der Waals surface area contributed by atoms with Gasteiger partial charge in [-0.15, -0.1) is 0 Å². The molecule has 0 unspecified atom stereocenters. The number of piperazine rings is 1. The van der Waals surface area contributed by atoms with Gasteiger partial charge in [0, 0.05) is 42.5 Å². The van der Waals surface area contributed by atoms with E-state index in [2.05, 4.69) is 5.32 Å². The lowest BCUT2D eigenvalue weighted by Crippen LogP contribution is -2.49. The average Bonchev–Trinajstić information content (AvgIpc) is 2.66. The number of benzene rings is 2. The molecular weight excluding hydrogens is 381 g/mol. The molecule has 1 N–H and O–H groups in total. The first kappa shape index (κ1) is 20.3. The van der Waals surface area contributed by atoms with Gasteiger partial charge >= 0.3 is 0 Å². The summed E-state index contributed by atoms with van der Waals surface area (Å²) in [7, 11) is 0. The van der Waals surface area contributed by atoms with Crippen molar-refractivity contribution in [2.75, 3.05) is 42.9 Å². The highest BCUT2D eigenvalue weighted by molar-refractivity contribution is 6.31. The third kappa shape index (κ3) is 4.69. The van der Waals surface area contributed by atoms with Crippen LogP contribution in [0.15, 0.2) is 36.4 Å². The number of amides is 1. The third-order valence-corrected chi connectivity index (χ3v) is 5.39. The van der Waals surface area contributed by atoms with Crippen LogP contribution in [0.3, 0.4) is 0 Å². The molecule has 0 spiro atoms. The van der Waals surface area contributed by atoms with E-state index in [1.165, 1.54) is 13.0 Å². The Hall–Kier alpha value is -2.44. The summed E-state index contributed by atoms with van der Waals surface area (Å²) in [6.07, 6.45) is 0. The summed E-state index contributed by atoms with van der Waals surface area (Å²) in [6, 6.07) is 9.99. The number of carbonyl (C=O) groups is 2. The minimum atomic E-state index is -0.393. The highest BCUT2D eigenvalue weighted by atomic mass is 35.5. The second-order valence-corrected chi connectivity index (χ2v) is 7.35. The van der Waals surface area contributed by atoms with Crippen molar-refractivity contribution in [1.29, 1.82) is 0 Å². The van der Waals surface area contributed by atoms with E-state index < -0.39 is 5.82 Å². The van der Waals surface area contributed by atoms with E-state index in [4.69, 9.17) is 11.6 Å². The van der Waals surface area contributed by atoms with Gasteiger partial charge in [-0.2, -0.15) is 0 Å². The van der Waals surface area contributed by atoms with Crippen LogP contribution in [0.4, 0.5) is 15.8 Å². The Morgan fingerprint density at radius 1 is 1.14 bits per heavy atom. The lowest BCUT2D eigenvalue weighted by Gasteiger charge is -2.35. The van der Waals surface area contributed by atoms with Crippen LogP contribution in [0, 0.1) is 12.7 Å². The fourth-order valence-corrected chi connectivity index (χ4v) is 3.44. The molecule has 0 bridgehead atoms. The van der Waals surface area contributed by atoms with Gasteiger partial charge in [-0.3, -0.25) is 14.5 Å². The Morgan fingerprint density at radius 3 is 2.50 bits per heavy atom. The molecule has 1 aliphatic heterocycles. The van der Waals surface area contributed by atoms with Crippen LogP contribution in [-0.4, -0.2) is 49.3 Å². The number of carbonyl (C=O) groups excluding carboxylic acids is 2. The monoisotopic (exact) mass is 403 g/mol. The Balaban J connectivity index is 1.55. The third-order valence-electron chi connectivity index (χ3n) is 4.98. The van der Waals surface area contributed by atoms with Crippen LogP contribution in [-0.2, 0) is 4.79 Å². The van der Waals surface area contributed by atoms with Crippen molar-refractivity contribution in [2.24, 2.45) is 0 Å². The molecule has 5 nitrogen and oxygen atoms in total. The Morgan fingerprint density at radius 2 is 1.86 bits per heavy atom. The van der Waals surface area contributed by atoms with E-state index in [0.717, 1.165) is 5.56 Å². The molecule has 0 aliphatic carbocycles. The quantitative estimate of drug-likeness (QED) is 0.772.